The number of hydrogen-bond donors (Lipinski definition) is 1. The standard InChI is InChI=1S/C16H26N2S/c1-4-19-16-8-6-5-7-15(16)17-13(2)14-9-11-18(3)12-10-14/h5-8,13-14,17H,4,9-12H2,1-3H3. The van der Waals surface area contributed by atoms with Crippen LogP contribution in [0.5, 0.6) is 0 Å². The lowest BCUT2D eigenvalue weighted by Gasteiger charge is -2.33. The van der Waals surface area contributed by atoms with Gasteiger partial charge in [0.15, 0.2) is 0 Å². The SMILES string of the molecule is CCSc1ccccc1NC(C)C1CCN(C)CC1. The summed E-state index contributed by atoms with van der Waals surface area (Å²) in [7, 11) is 2.22. The number of piperidine rings is 1. The molecule has 1 saturated heterocycles. The number of hydrogen-bond acceptors (Lipinski definition) is 3. The summed E-state index contributed by atoms with van der Waals surface area (Å²) in [6.45, 7) is 7.02. The van der Waals surface area contributed by atoms with Crippen LogP contribution < -0.4 is 5.32 Å². The molecule has 0 saturated carbocycles. The van der Waals surface area contributed by atoms with Crippen molar-refractivity contribution in [3.8, 4) is 0 Å². The Morgan fingerprint density at radius 2 is 2.00 bits per heavy atom. The van der Waals surface area contributed by atoms with E-state index in [1.807, 2.05) is 11.8 Å². The molecule has 1 N–H and O–H groups in total. The van der Waals surface area contributed by atoms with Gasteiger partial charge in [0.05, 0.1) is 0 Å². The molecular weight excluding hydrogens is 252 g/mol. The highest BCUT2D eigenvalue weighted by Gasteiger charge is 2.22. The van der Waals surface area contributed by atoms with Crippen molar-refractivity contribution < 1.29 is 0 Å². The lowest BCUT2D eigenvalue weighted by molar-refractivity contribution is 0.208. The molecule has 2 rings (SSSR count). The van der Waals surface area contributed by atoms with E-state index in [4.69, 9.17) is 0 Å². The zero-order valence-electron chi connectivity index (χ0n) is 12.4. The van der Waals surface area contributed by atoms with Gasteiger partial charge in [-0.3, -0.25) is 0 Å². The third-order valence-corrected chi connectivity index (χ3v) is 5.00. The molecule has 2 nitrogen and oxygen atoms in total. The van der Waals surface area contributed by atoms with Crippen LogP contribution in [0.4, 0.5) is 5.69 Å². The van der Waals surface area contributed by atoms with Gasteiger partial charge < -0.3 is 10.2 Å². The Morgan fingerprint density at radius 3 is 2.68 bits per heavy atom. The minimum Gasteiger partial charge on any atom is -0.381 e. The van der Waals surface area contributed by atoms with Gasteiger partial charge in [-0.15, -0.1) is 11.8 Å². The first-order chi connectivity index (χ1) is 9.20. The summed E-state index contributed by atoms with van der Waals surface area (Å²) in [5.74, 6) is 1.93. The molecule has 0 spiro atoms. The molecule has 0 aromatic heterocycles. The number of likely N-dealkylation sites (tertiary alicyclic amines) is 1. The van der Waals surface area contributed by atoms with Gasteiger partial charge in [0.1, 0.15) is 0 Å². The highest BCUT2D eigenvalue weighted by Crippen LogP contribution is 2.29. The summed E-state index contributed by atoms with van der Waals surface area (Å²) < 4.78 is 0. The van der Waals surface area contributed by atoms with E-state index in [2.05, 4.69) is 55.4 Å². The largest absolute Gasteiger partial charge is 0.381 e. The topological polar surface area (TPSA) is 15.3 Å². The first-order valence-corrected chi connectivity index (χ1v) is 8.36. The fourth-order valence-electron chi connectivity index (χ4n) is 2.76. The van der Waals surface area contributed by atoms with Gasteiger partial charge in [-0.2, -0.15) is 0 Å². The third-order valence-electron chi connectivity index (χ3n) is 4.04. The Labute approximate surface area is 122 Å². The van der Waals surface area contributed by atoms with Crippen LogP contribution >= 0.6 is 11.8 Å². The van der Waals surface area contributed by atoms with Crippen LogP contribution in [0, 0.1) is 5.92 Å². The van der Waals surface area contributed by atoms with E-state index >= 15 is 0 Å². The molecule has 1 aliphatic rings. The second kappa shape index (κ2) is 7.20. The molecule has 1 unspecified atom stereocenters. The number of thioether (sulfide) groups is 1. The summed E-state index contributed by atoms with van der Waals surface area (Å²) in [5, 5.41) is 3.74. The van der Waals surface area contributed by atoms with Crippen molar-refractivity contribution in [1.82, 2.24) is 4.90 Å². The zero-order chi connectivity index (χ0) is 13.7. The van der Waals surface area contributed by atoms with E-state index in [1.165, 1.54) is 36.5 Å². The van der Waals surface area contributed by atoms with E-state index in [0.29, 0.717) is 6.04 Å². The Balaban J connectivity index is 1.96. The molecule has 1 aromatic carbocycles. The van der Waals surface area contributed by atoms with Crippen molar-refractivity contribution in [3.63, 3.8) is 0 Å². The van der Waals surface area contributed by atoms with Gasteiger partial charge >= 0.3 is 0 Å². The lowest BCUT2D eigenvalue weighted by Crippen LogP contribution is -2.37. The minimum atomic E-state index is 0.562. The molecule has 1 fully saturated rings. The average molecular weight is 278 g/mol. The third kappa shape index (κ3) is 4.15. The monoisotopic (exact) mass is 278 g/mol. The Morgan fingerprint density at radius 1 is 1.32 bits per heavy atom. The summed E-state index contributed by atoms with van der Waals surface area (Å²) in [5.41, 5.74) is 1.31. The quantitative estimate of drug-likeness (QED) is 0.821. The molecule has 1 heterocycles. The lowest BCUT2D eigenvalue weighted by atomic mass is 9.90. The summed E-state index contributed by atoms with van der Waals surface area (Å²) in [6.07, 6.45) is 2.63. The van der Waals surface area contributed by atoms with Crippen LogP contribution in [0.3, 0.4) is 0 Å². The van der Waals surface area contributed by atoms with Crippen molar-refractivity contribution >= 4 is 17.4 Å². The molecule has 0 radical (unpaired) electrons. The summed E-state index contributed by atoms with van der Waals surface area (Å²) in [4.78, 5) is 3.81. The van der Waals surface area contributed by atoms with Crippen LogP contribution in [0.2, 0.25) is 0 Å². The van der Waals surface area contributed by atoms with Crippen molar-refractivity contribution in [2.45, 2.75) is 37.6 Å². The van der Waals surface area contributed by atoms with Crippen molar-refractivity contribution in [2.24, 2.45) is 5.92 Å². The van der Waals surface area contributed by atoms with Gasteiger partial charge in [-0.25, -0.2) is 0 Å². The molecular formula is C16H26N2S. The van der Waals surface area contributed by atoms with E-state index in [1.54, 1.807) is 0 Å². The number of para-hydroxylation sites is 1. The van der Waals surface area contributed by atoms with E-state index in [9.17, 15) is 0 Å². The average Bonchev–Trinajstić information content (AvgIpc) is 2.42. The van der Waals surface area contributed by atoms with E-state index in [0.717, 1.165) is 11.7 Å². The van der Waals surface area contributed by atoms with Gasteiger partial charge in [0, 0.05) is 16.6 Å². The zero-order valence-corrected chi connectivity index (χ0v) is 13.2. The molecule has 1 aliphatic heterocycles. The van der Waals surface area contributed by atoms with Gasteiger partial charge in [0.25, 0.3) is 0 Å². The number of benzene rings is 1. The highest BCUT2D eigenvalue weighted by molar-refractivity contribution is 7.99. The molecule has 0 bridgehead atoms. The number of anilines is 1. The van der Waals surface area contributed by atoms with E-state index in [-0.39, 0.29) is 0 Å². The van der Waals surface area contributed by atoms with Gasteiger partial charge in [0.2, 0.25) is 0 Å². The van der Waals surface area contributed by atoms with Crippen LogP contribution in [-0.2, 0) is 0 Å². The highest BCUT2D eigenvalue weighted by atomic mass is 32.2. The number of nitrogens with zero attached hydrogens (tertiary/aromatic N) is 1. The summed E-state index contributed by atoms with van der Waals surface area (Å²) >= 11 is 1.92. The predicted octanol–water partition coefficient (Wildman–Crippen LogP) is 3.94. The fraction of sp³-hybridized carbons (Fsp3) is 0.625. The smallest absolute Gasteiger partial charge is 0.0480 e. The Bertz CT molecular complexity index is 386. The molecule has 19 heavy (non-hydrogen) atoms. The molecule has 0 amide bonds. The first kappa shape index (κ1) is 14.7. The number of nitrogens with one attached hydrogen (secondary N) is 1. The fourth-order valence-corrected chi connectivity index (χ4v) is 3.53. The van der Waals surface area contributed by atoms with Crippen molar-refractivity contribution in [2.75, 3.05) is 31.2 Å². The number of rotatable bonds is 5. The Kier molecular flexibility index (Phi) is 5.59. The molecule has 1 aromatic rings. The second-order valence-electron chi connectivity index (χ2n) is 5.50. The predicted molar refractivity (Wildman–Crippen MR) is 86.1 cm³/mol. The Hall–Kier alpha value is -0.670. The minimum absolute atomic E-state index is 0.562. The second-order valence-corrected chi connectivity index (χ2v) is 6.81. The van der Waals surface area contributed by atoms with Gasteiger partial charge in [-0.1, -0.05) is 19.1 Å². The van der Waals surface area contributed by atoms with Crippen LogP contribution in [0.15, 0.2) is 29.2 Å². The maximum atomic E-state index is 3.74. The van der Waals surface area contributed by atoms with Crippen LogP contribution in [0.1, 0.15) is 26.7 Å². The van der Waals surface area contributed by atoms with Crippen molar-refractivity contribution in [3.05, 3.63) is 24.3 Å². The molecule has 0 aliphatic carbocycles. The molecule has 106 valence electrons. The van der Waals surface area contributed by atoms with Crippen LogP contribution in [-0.4, -0.2) is 36.8 Å². The van der Waals surface area contributed by atoms with E-state index < -0.39 is 0 Å². The summed E-state index contributed by atoms with van der Waals surface area (Å²) in [6, 6.07) is 9.25. The maximum Gasteiger partial charge on any atom is 0.0480 e. The van der Waals surface area contributed by atoms with Crippen LogP contribution in [0.25, 0.3) is 0 Å². The molecule has 1 atom stereocenters. The van der Waals surface area contributed by atoms with Crippen molar-refractivity contribution in [1.29, 1.82) is 0 Å². The first-order valence-electron chi connectivity index (χ1n) is 7.37. The molecule has 3 heteroatoms. The van der Waals surface area contributed by atoms with Gasteiger partial charge in [-0.05, 0) is 63.7 Å². The normalized spacial score (nSPS) is 19.3. The maximum absolute atomic E-state index is 3.74.